The topological polar surface area (TPSA) is 29.1 Å². The normalized spacial score (nSPS) is 21.2. The Balaban J connectivity index is 1.99. The lowest BCUT2D eigenvalue weighted by Gasteiger charge is -2.24. The van der Waals surface area contributed by atoms with Gasteiger partial charge in [-0.3, -0.25) is 4.21 Å². The van der Waals surface area contributed by atoms with E-state index in [-0.39, 0.29) is 11.3 Å². The van der Waals surface area contributed by atoms with Crippen molar-refractivity contribution in [2.24, 2.45) is 5.92 Å². The van der Waals surface area contributed by atoms with Crippen LogP contribution < -0.4 is 5.32 Å². The molecule has 0 saturated heterocycles. The van der Waals surface area contributed by atoms with E-state index in [1.54, 1.807) is 0 Å². The fourth-order valence-electron chi connectivity index (χ4n) is 3.05. The Morgan fingerprint density at radius 3 is 2.47 bits per heavy atom. The Bertz CT molecular complexity index is 400. The van der Waals surface area contributed by atoms with Crippen molar-refractivity contribution in [2.45, 2.75) is 43.9 Å². The third kappa shape index (κ3) is 3.90. The highest BCUT2D eigenvalue weighted by atomic mass is 32.2. The largest absolute Gasteiger partial charge is 0.312 e. The van der Waals surface area contributed by atoms with Crippen molar-refractivity contribution in [1.82, 2.24) is 5.32 Å². The van der Waals surface area contributed by atoms with Gasteiger partial charge in [-0.25, -0.2) is 0 Å². The molecule has 1 aromatic rings. The van der Waals surface area contributed by atoms with Crippen molar-refractivity contribution in [3.05, 3.63) is 35.9 Å². The number of rotatable bonds is 6. The second-order valence-electron chi connectivity index (χ2n) is 5.58. The summed E-state index contributed by atoms with van der Waals surface area (Å²) < 4.78 is 12.5. The number of hydrogen-bond donors (Lipinski definition) is 1. The monoisotopic (exact) mass is 279 g/mol. The average Bonchev–Trinajstić information content (AvgIpc) is 2.93. The SMILES string of the molecule is CNC(c1ccccc1)C(C)S(=O)CC1CCCC1. The molecule has 0 heterocycles. The summed E-state index contributed by atoms with van der Waals surface area (Å²) in [6.07, 6.45) is 5.19. The van der Waals surface area contributed by atoms with E-state index in [9.17, 15) is 4.21 Å². The van der Waals surface area contributed by atoms with Crippen LogP contribution in [-0.4, -0.2) is 22.3 Å². The van der Waals surface area contributed by atoms with E-state index >= 15 is 0 Å². The first-order valence-electron chi connectivity index (χ1n) is 7.31. The summed E-state index contributed by atoms with van der Waals surface area (Å²) in [6.45, 7) is 2.11. The maximum absolute atomic E-state index is 12.5. The molecule has 1 saturated carbocycles. The van der Waals surface area contributed by atoms with Gasteiger partial charge in [-0.15, -0.1) is 0 Å². The van der Waals surface area contributed by atoms with Crippen LogP contribution in [0.15, 0.2) is 30.3 Å². The molecule has 1 N–H and O–H groups in total. The Labute approximate surface area is 119 Å². The molecule has 106 valence electrons. The van der Waals surface area contributed by atoms with Gasteiger partial charge in [-0.2, -0.15) is 0 Å². The number of nitrogens with one attached hydrogen (secondary N) is 1. The zero-order valence-corrected chi connectivity index (χ0v) is 12.8. The molecule has 0 aromatic heterocycles. The maximum Gasteiger partial charge on any atom is 0.0514 e. The van der Waals surface area contributed by atoms with Crippen molar-refractivity contribution in [1.29, 1.82) is 0 Å². The highest BCUT2D eigenvalue weighted by Gasteiger charge is 2.26. The lowest BCUT2D eigenvalue weighted by Crippen LogP contribution is -2.32. The third-order valence-corrected chi connectivity index (χ3v) is 6.13. The van der Waals surface area contributed by atoms with E-state index in [4.69, 9.17) is 0 Å². The smallest absolute Gasteiger partial charge is 0.0514 e. The summed E-state index contributed by atoms with van der Waals surface area (Å²) in [5.74, 6) is 1.57. The Morgan fingerprint density at radius 1 is 1.26 bits per heavy atom. The van der Waals surface area contributed by atoms with E-state index in [2.05, 4.69) is 24.4 Å². The molecule has 0 bridgehead atoms. The van der Waals surface area contributed by atoms with Gasteiger partial charge in [0, 0.05) is 22.6 Å². The molecule has 1 fully saturated rings. The fourth-order valence-corrected chi connectivity index (χ4v) is 4.74. The summed E-state index contributed by atoms with van der Waals surface area (Å²) in [7, 11) is 1.21. The molecular formula is C16H25NOS. The van der Waals surface area contributed by atoms with Crippen molar-refractivity contribution < 1.29 is 4.21 Å². The second kappa shape index (κ2) is 7.20. The predicted molar refractivity (Wildman–Crippen MR) is 82.7 cm³/mol. The Kier molecular flexibility index (Phi) is 5.59. The van der Waals surface area contributed by atoms with Crippen LogP contribution in [-0.2, 0) is 10.8 Å². The zero-order chi connectivity index (χ0) is 13.7. The Morgan fingerprint density at radius 2 is 1.89 bits per heavy atom. The van der Waals surface area contributed by atoms with Crippen LogP contribution in [0, 0.1) is 5.92 Å². The minimum Gasteiger partial charge on any atom is -0.312 e. The van der Waals surface area contributed by atoms with Crippen LogP contribution >= 0.6 is 0 Å². The van der Waals surface area contributed by atoms with Crippen LogP contribution in [0.25, 0.3) is 0 Å². The van der Waals surface area contributed by atoms with Gasteiger partial charge in [-0.1, -0.05) is 43.2 Å². The lowest BCUT2D eigenvalue weighted by atomic mass is 10.0. The number of hydrogen-bond acceptors (Lipinski definition) is 2. The van der Waals surface area contributed by atoms with E-state index in [1.165, 1.54) is 31.2 Å². The molecule has 1 aliphatic carbocycles. The van der Waals surface area contributed by atoms with E-state index in [1.807, 2.05) is 25.2 Å². The summed E-state index contributed by atoms with van der Waals surface area (Å²) in [5.41, 5.74) is 1.23. The molecule has 0 spiro atoms. The van der Waals surface area contributed by atoms with Gasteiger partial charge in [0.25, 0.3) is 0 Å². The van der Waals surface area contributed by atoms with Gasteiger partial charge in [0.15, 0.2) is 0 Å². The molecule has 19 heavy (non-hydrogen) atoms. The zero-order valence-electron chi connectivity index (χ0n) is 12.0. The molecule has 2 nitrogen and oxygen atoms in total. The molecule has 0 aliphatic heterocycles. The van der Waals surface area contributed by atoms with Gasteiger partial charge in [-0.05, 0) is 38.3 Å². The molecule has 0 radical (unpaired) electrons. The van der Waals surface area contributed by atoms with Gasteiger partial charge in [0.05, 0.1) is 5.25 Å². The van der Waals surface area contributed by atoms with Crippen LogP contribution in [0.4, 0.5) is 0 Å². The molecule has 1 aliphatic rings. The molecule has 3 heteroatoms. The average molecular weight is 279 g/mol. The van der Waals surface area contributed by atoms with Crippen molar-refractivity contribution in [3.8, 4) is 0 Å². The van der Waals surface area contributed by atoms with Gasteiger partial charge < -0.3 is 5.32 Å². The molecule has 1 aromatic carbocycles. The minimum atomic E-state index is -0.748. The summed E-state index contributed by atoms with van der Waals surface area (Å²) in [4.78, 5) is 0. The van der Waals surface area contributed by atoms with Crippen LogP contribution in [0.2, 0.25) is 0 Å². The van der Waals surface area contributed by atoms with Gasteiger partial charge in [0.2, 0.25) is 0 Å². The quantitative estimate of drug-likeness (QED) is 0.866. The molecule has 3 atom stereocenters. The summed E-state index contributed by atoms with van der Waals surface area (Å²) >= 11 is 0. The number of benzene rings is 1. The van der Waals surface area contributed by atoms with Crippen molar-refractivity contribution in [2.75, 3.05) is 12.8 Å². The first-order chi connectivity index (χ1) is 9.22. The highest BCUT2D eigenvalue weighted by molar-refractivity contribution is 7.85. The van der Waals surface area contributed by atoms with Gasteiger partial charge in [0.1, 0.15) is 0 Å². The van der Waals surface area contributed by atoms with Crippen LogP contribution in [0.3, 0.4) is 0 Å². The van der Waals surface area contributed by atoms with E-state index < -0.39 is 10.8 Å². The predicted octanol–water partition coefficient (Wildman–Crippen LogP) is 3.27. The molecule has 0 amide bonds. The van der Waals surface area contributed by atoms with E-state index in [0.717, 1.165) is 5.75 Å². The first-order valence-corrected chi connectivity index (χ1v) is 8.70. The lowest BCUT2D eigenvalue weighted by molar-refractivity contribution is 0.556. The Hall–Kier alpha value is -0.670. The summed E-state index contributed by atoms with van der Waals surface area (Å²) in [5, 5.41) is 3.49. The van der Waals surface area contributed by atoms with Crippen molar-refractivity contribution in [3.63, 3.8) is 0 Å². The highest BCUT2D eigenvalue weighted by Crippen LogP contribution is 2.28. The first kappa shape index (κ1) is 14.7. The molecular weight excluding hydrogens is 254 g/mol. The third-order valence-electron chi connectivity index (χ3n) is 4.23. The fraction of sp³-hybridized carbons (Fsp3) is 0.625. The molecule has 3 unspecified atom stereocenters. The van der Waals surface area contributed by atoms with Gasteiger partial charge >= 0.3 is 0 Å². The van der Waals surface area contributed by atoms with E-state index in [0.29, 0.717) is 5.92 Å². The molecule has 2 rings (SSSR count). The minimum absolute atomic E-state index is 0.160. The second-order valence-corrected chi connectivity index (χ2v) is 7.42. The standard InChI is InChI=1S/C16H25NOS/c1-13(19(18)12-14-8-6-7-9-14)16(17-2)15-10-4-3-5-11-15/h3-5,10-11,13-14,16-17H,6-9,12H2,1-2H3. The van der Waals surface area contributed by atoms with Crippen LogP contribution in [0.1, 0.15) is 44.2 Å². The van der Waals surface area contributed by atoms with Crippen molar-refractivity contribution >= 4 is 10.8 Å². The van der Waals surface area contributed by atoms with Crippen LogP contribution in [0.5, 0.6) is 0 Å². The maximum atomic E-state index is 12.5. The summed E-state index contributed by atoms with van der Waals surface area (Å²) in [6, 6.07) is 10.5.